The Morgan fingerprint density at radius 3 is 2.83 bits per heavy atom. The molecule has 100 valence electrons. The van der Waals surface area contributed by atoms with Gasteiger partial charge in [0.1, 0.15) is 11.9 Å². The van der Waals surface area contributed by atoms with Gasteiger partial charge < -0.3 is 10.5 Å². The predicted molar refractivity (Wildman–Crippen MR) is 76.2 cm³/mol. The van der Waals surface area contributed by atoms with Gasteiger partial charge in [0.2, 0.25) is 0 Å². The zero-order valence-corrected chi connectivity index (χ0v) is 11.9. The highest BCUT2D eigenvalue weighted by Gasteiger charge is 2.28. The zero-order valence-electron chi connectivity index (χ0n) is 11.2. The minimum absolute atomic E-state index is 0.143. The summed E-state index contributed by atoms with van der Waals surface area (Å²) in [6.07, 6.45) is 4.72. The molecular weight excluding hydrogens is 246 g/mol. The SMILES string of the molecule is CCC1CCC(N)C(Oc2ccc(Cl)c(C)c2)C1. The van der Waals surface area contributed by atoms with Crippen LogP contribution in [0.1, 0.15) is 38.2 Å². The Morgan fingerprint density at radius 1 is 1.39 bits per heavy atom. The highest BCUT2D eigenvalue weighted by molar-refractivity contribution is 6.31. The Balaban J connectivity index is 2.04. The van der Waals surface area contributed by atoms with Crippen LogP contribution in [0.3, 0.4) is 0 Å². The van der Waals surface area contributed by atoms with Crippen molar-refractivity contribution in [2.24, 2.45) is 11.7 Å². The number of hydrogen-bond acceptors (Lipinski definition) is 2. The minimum atomic E-state index is 0.143. The number of aryl methyl sites for hydroxylation is 1. The first-order chi connectivity index (χ1) is 8.60. The average Bonchev–Trinajstić information content (AvgIpc) is 2.36. The molecule has 2 rings (SSSR count). The Bertz CT molecular complexity index is 407. The number of ether oxygens (including phenoxy) is 1. The number of halogens is 1. The monoisotopic (exact) mass is 267 g/mol. The fourth-order valence-electron chi connectivity index (χ4n) is 2.61. The van der Waals surface area contributed by atoms with Crippen LogP contribution in [0.5, 0.6) is 5.75 Å². The molecule has 1 aliphatic carbocycles. The van der Waals surface area contributed by atoms with E-state index in [2.05, 4.69) is 6.92 Å². The average molecular weight is 268 g/mol. The van der Waals surface area contributed by atoms with Gasteiger partial charge in [-0.3, -0.25) is 0 Å². The maximum atomic E-state index is 6.16. The molecule has 0 saturated heterocycles. The molecule has 1 fully saturated rings. The maximum absolute atomic E-state index is 6.16. The number of rotatable bonds is 3. The second-order valence-corrected chi connectivity index (χ2v) is 5.73. The van der Waals surface area contributed by atoms with E-state index in [1.807, 2.05) is 25.1 Å². The van der Waals surface area contributed by atoms with E-state index in [9.17, 15) is 0 Å². The summed E-state index contributed by atoms with van der Waals surface area (Å²) in [6.45, 7) is 4.23. The first-order valence-electron chi connectivity index (χ1n) is 6.78. The van der Waals surface area contributed by atoms with Crippen LogP contribution in [-0.4, -0.2) is 12.1 Å². The van der Waals surface area contributed by atoms with E-state index in [0.717, 1.165) is 35.1 Å². The number of benzene rings is 1. The standard InChI is InChI=1S/C15H22ClNO/c1-3-11-4-7-14(17)15(9-11)18-12-5-6-13(16)10(2)8-12/h5-6,8,11,14-15H,3-4,7,9,17H2,1-2H3. The van der Waals surface area contributed by atoms with Gasteiger partial charge in [0.25, 0.3) is 0 Å². The zero-order chi connectivity index (χ0) is 13.1. The van der Waals surface area contributed by atoms with Crippen LogP contribution < -0.4 is 10.5 Å². The summed E-state index contributed by atoms with van der Waals surface area (Å²) in [5, 5.41) is 0.779. The third kappa shape index (κ3) is 3.18. The lowest BCUT2D eigenvalue weighted by atomic mass is 9.83. The predicted octanol–water partition coefficient (Wildman–Crippen LogP) is 3.93. The lowest BCUT2D eigenvalue weighted by Crippen LogP contribution is -2.43. The number of nitrogens with two attached hydrogens (primary N) is 1. The number of hydrogen-bond donors (Lipinski definition) is 1. The lowest BCUT2D eigenvalue weighted by molar-refractivity contribution is 0.101. The van der Waals surface area contributed by atoms with Gasteiger partial charge in [-0.25, -0.2) is 0 Å². The van der Waals surface area contributed by atoms with Crippen molar-refractivity contribution in [3.63, 3.8) is 0 Å². The third-order valence-electron chi connectivity index (χ3n) is 3.95. The summed E-state index contributed by atoms with van der Waals surface area (Å²) in [4.78, 5) is 0. The van der Waals surface area contributed by atoms with Gasteiger partial charge >= 0.3 is 0 Å². The van der Waals surface area contributed by atoms with E-state index in [1.165, 1.54) is 12.8 Å². The molecule has 0 heterocycles. The summed E-state index contributed by atoms with van der Waals surface area (Å²) in [6, 6.07) is 5.96. The summed E-state index contributed by atoms with van der Waals surface area (Å²) < 4.78 is 6.05. The van der Waals surface area contributed by atoms with E-state index < -0.39 is 0 Å². The van der Waals surface area contributed by atoms with Crippen molar-refractivity contribution in [3.05, 3.63) is 28.8 Å². The highest BCUT2D eigenvalue weighted by Crippen LogP contribution is 2.30. The van der Waals surface area contributed by atoms with Gasteiger partial charge in [-0.05, 0) is 55.9 Å². The third-order valence-corrected chi connectivity index (χ3v) is 4.37. The first kappa shape index (κ1) is 13.7. The van der Waals surface area contributed by atoms with Gasteiger partial charge in [-0.1, -0.05) is 24.9 Å². The topological polar surface area (TPSA) is 35.2 Å². The fraction of sp³-hybridized carbons (Fsp3) is 0.600. The molecule has 0 radical (unpaired) electrons. The van der Waals surface area contributed by atoms with Crippen molar-refractivity contribution in [2.75, 3.05) is 0 Å². The maximum Gasteiger partial charge on any atom is 0.120 e. The van der Waals surface area contributed by atoms with E-state index in [0.29, 0.717) is 0 Å². The van der Waals surface area contributed by atoms with Gasteiger partial charge in [-0.15, -0.1) is 0 Å². The van der Waals surface area contributed by atoms with Gasteiger partial charge in [0, 0.05) is 11.1 Å². The van der Waals surface area contributed by atoms with Gasteiger partial charge in [0.05, 0.1) is 0 Å². The molecule has 0 amide bonds. The molecule has 1 aromatic carbocycles. The smallest absolute Gasteiger partial charge is 0.120 e. The van der Waals surface area contributed by atoms with Crippen LogP contribution in [0.25, 0.3) is 0 Å². The van der Waals surface area contributed by atoms with Crippen LogP contribution in [0.4, 0.5) is 0 Å². The molecule has 0 bridgehead atoms. The Hall–Kier alpha value is -0.730. The molecule has 0 aliphatic heterocycles. The van der Waals surface area contributed by atoms with Crippen molar-refractivity contribution in [2.45, 2.75) is 51.7 Å². The molecule has 2 nitrogen and oxygen atoms in total. The van der Waals surface area contributed by atoms with Crippen molar-refractivity contribution in [3.8, 4) is 5.75 Å². The van der Waals surface area contributed by atoms with Gasteiger partial charge in [0.15, 0.2) is 0 Å². The summed E-state index contributed by atoms with van der Waals surface area (Å²) in [7, 11) is 0. The molecule has 0 spiro atoms. The summed E-state index contributed by atoms with van der Waals surface area (Å²) in [5.74, 6) is 1.64. The van der Waals surface area contributed by atoms with Crippen LogP contribution >= 0.6 is 11.6 Å². The van der Waals surface area contributed by atoms with Crippen molar-refractivity contribution in [1.29, 1.82) is 0 Å². The molecule has 0 aromatic heterocycles. The Labute approximate surface area is 114 Å². The normalized spacial score (nSPS) is 28.1. The fourth-order valence-corrected chi connectivity index (χ4v) is 2.72. The van der Waals surface area contributed by atoms with E-state index in [4.69, 9.17) is 22.1 Å². The molecule has 3 heteroatoms. The van der Waals surface area contributed by atoms with Crippen molar-refractivity contribution < 1.29 is 4.74 Å². The van der Waals surface area contributed by atoms with Crippen LogP contribution in [-0.2, 0) is 0 Å². The van der Waals surface area contributed by atoms with Crippen LogP contribution in [0, 0.1) is 12.8 Å². The molecule has 1 saturated carbocycles. The summed E-state index contributed by atoms with van der Waals surface area (Å²) in [5.41, 5.74) is 7.21. The quantitative estimate of drug-likeness (QED) is 0.901. The van der Waals surface area contributed by atoms with Crippen molar-refractivity contribution in [1.82, 2.24) is 0 Å². The molecule has 18 heavy (non-hydrogen) atoms. The highest BCUT2D eigenvalue weighted by atomic mass is 35.5. The lowest BCUT2D eigenvalue weighted by Gasteiger charge is -2.34. The van der Waals surface area contributed by atoms with Crippen LogP contribution in [0.15, 0.2) is 18.2 Å². The Kier molecular flexibility index (Phi) is 4.52. The Morgan fingerprint density at radius 2 is 2.17 bits per heavy atom. The molecule has 3 unspecified atom stereocenters. The second kappa shape index (κ2) is 5.94. The van der Waals surface area contributed by atoms with E-state index in [1.54, 1.807) is 0 Å². The first-order valence-corrected chi connectivity index (χ1v) is 7.16. The molecule has 2 N–H and O–H groups in total. The molecule has 1 aromatic rings. The summed E-state index contributed by atoms with van der Waals surface area (Å²) >= 11 is 6.02. The van der Waals surface area contributed by atoms with E-state index >= 15 is 0 Å². The van der Waals surface area contributed by atoms with Crippen molar-refractivity contribution >= 4 is 11.6 Å². The largest absolute Gasteiger partial charge is 0.489 e. The van der Waals surface area contributed by atoms with E-state index in [-0.39, 0.29) is 12.1 Å². The molecule has 1 aliphatic rings. The molecule has 3 atom stereocenters. The molecular formula is C15H22ClNO. The van der Waals surface area contributed by atoms with Crippen LogP contribution in [0.2, 0.25) is 5.02 Å². The minimum Gasteiger partial charge on any atom is -0.489 e. The van der Waals surface area contributed by atoms with Gasteiger partial charge in [-0.2, -0.15) is 0 Å². The second-order valence-electron chi connectivity index (χ2n) is 5.32.